The highest BCUT2D eigenvalue weighted by atomic mass is 35.5. The zero-order chi connectivity index (χ0) is 23.0. The van der Waals surface area contributed by atoms with E-state index in [0.717, 1.165) is 60.7 Å². The maximum absolute atomic E-state index is 13.0. The lowest BCUT2D eigenvalue weighted by atomic mass is 10.1. The molecule has 0 aromatic heterocycles. The van der Waals surface area contributed by atoms with E-state index in [9.17, 15) is 13.2 Å². The molecule has 2 aliphatic heterocycles. The number of anilines is 3. The average Bonchev–Trinajstić information content (AvgIpc) is 2.96. The quantitative estimate of drug-likeness (QED) is 0.463. The minimum Gasteiger partial charge on any atom is -0.351 e. The van der Waals surface area contributed by atoms with E-state index in [0.29, 0.717) is 17.1 Å². The topological polar surface area (TPSA) is 30.3 Å². The molecule has 0 saturated carbocycles. The number of halogens is 4. The fourth-order valence-corrected chi connectivity index (χ4v) is 4.52. The van der Waals surface area contributed by atoms with Crippen molar-refractivity contribution in [2.24, 2.45) is 0 Å². The predicted octanol–water partition coefficient (Wildman–Crippen LogP) is 5.80. The van der Waals surface area contributed by atoms with Gasteiger partial charge in [-0.1, -0.05) is 41.9 Å². The molecular weight excluding hydrogens is 449 g/mol. The van der Waals surface area contributed by atoms with Gasteiger partial charge in [-0.05, 0) is 35.9 Å². The van der Waals surface area contributed by atoms with Crippen molar-refractivity contribution >= 4 is 34.5 Å². The molecule has 5 rings (SSSR count). The van der Waals surface area contributed by atoms with Gasteiger partial charge in [-0.3, -0.25) is 9.48 Å². The van der Waals surface area contributed by atoms with Gasteiger partial charge in [0.2, 0.25) is 0 Å². The van der Waals surface area contributed by atoms with Crippen LogP contribution in [-0.4, -0.2) is 41.5 Å². The Morgan fingerprint density at radius 2 is 1.64 bits per heavy atom. The molecule has 0 atom stereocenters. The summed E-state index contributed by atoms with van der Waals surface area (Å²) in [5.41, 5.74) is 4.00. The van der Waals surface area contributed by atoms with Crippen LogP contribution < -0.4 is 10.6 Å². The number of amidine groups is 1. The van der Waals surface area contributed by atoms with Gasteiger partial charge in [-0.2, -0.15) is 13.2 Å². The third-order valence-corrected chi connectivity index (χ3v) is 6.27. The number of hydrogen-bond donors (Lipinski definition) is 2. The molecule has 0 bridgehead atoms. The number of hydrogen-bond acceptors (Lipinski definition) is 2. The van der Waals surface area contributed by atoms with Crippen LogP contribution in [-0.2, 0) is 12.7 Å². The van der Waals surface area contributed by atoms with Crippen LogP contribution >= 0.6 is 11.6 Å². The highest BCUT2D eigenvalue weighted by Crippen LogP contribution is 2.34. The van der Waals surface area contributed by atoms with E-state index in [1.165, 1.54) is 12.1 Å². The van der Waals surface area contributed by atoms with Crippen molar-refractivity contribution in [1.29, 1.82) is 0 Å². The zero-order valence-electron chi connectivity index (χ0n) is 17.8. The molecule has 33 heavy (non-hydrogen) atoms. The van der Waals surface area contributed by atoms with E-state index >= 15 is 0 Å². The minimum absolute atomic E-state index is 0.497. The van der Waals surface area contributed by atoms with E-state index in [1.54, 1.807) is 6.07 Å². The second-order valence-electron chi connectivity index (χ2n) is 8.30. The molecule has 0 unspecified atom stereocenters. The number of nitrogens with zero attached hydrogens (tertiary/aromatic N) is 2. The number of para-hydroxylation sites is 1. The molecule has 0 amide bonds. The summed E-state index contributed by atoms with van der Waals surface area (Å²) < 4.78 is 41.4. The second-order valence-corrected chi connectivity index (χ2v) is 8.73. The van der Waals surface area contributed by atoms with Gasteiger partial charge in [0.25, 0.3) is 5.84 Å². The summed E-state index contributed by atoms with van der Waals surface area (Å²) in [6.07, 6.45) is -4.32. The third kappa shape index (κ3) is 4.70. The Balaban J connectivity index is 1.38. The van der Waals surface area contributed by atoms with Crippen LogP contribution in [0.5, 0.6) is 0 Å². The lowest BCUT2D eigenvalue weighted by Gasteiger charge is -2.28. The van der Waals surface area contributed by atoms with Gasteiger partial charge >= 0.3 is 6.18 Å². The van der Waals surface area contributed by atoms with E-state index in [1.807, 2.05) is 36.4 Å². The molecule has 0 spiro atoms. The van der Waals surface area contributed by atoms with Crippen LogP contribution in [0.3, 0.4) is 0 Å². The minimum atomic E-state index is -4.32. The lowest BCUT2D eigenvalue weighted by molar-refractivity contribution is -0.539. The first-order valence-corrected chi connectivity index (χ1v) is 11.2. The van der Waals surface area contributed by atoms with Crippen LogP contribution in [0.2, 0.25) is 5.02 Å². The Bertz CT molecular complexity index is 1210. The molecule has 170 valence electrons. The van der Waals surface area contributed by atoms with Gasteiger partial charge in [0, 0.05) is 30.7 Å². The number of nitrogens with one attached hydrogen (secondary N) is 2. The van der Waals surface area contributed by atoms with Gasteiger partial charge in [0.05, 0.1) is 35.6 Å². The van der Waals surface area contributed by atoms with Crippen molar-refractivity contribution in [2.45, 2.75) is 12.7 Å². The number of alkyl halides is 3. The summed E-state index contributed by atoms with van der Waals surface area (Å²) in [5, 5.41) is 7.71. The van der Waals surface area contributed by atoms with Crippen LogP contribution in [0.25, 0.3) is 0 Å². The van der Waals surface area contributed by atoms with Gasteiger partial charge in [0.15, 0.2) is 0 Å². The standard InChI is InChI=1S/C25H22ClF3N4/c26-19-8-9-22-23(15-19)31-24(20-6-1-2-7-21(20)30-22)33-12-10-32(11-13-33)16-17-4-3-5-18(14-17)25(27,28)29/h1-9,14-15H,10-13,16H2,(H,30,31)/p+1. The molecule has 1 saturated heterocycles. The summed E-state index contributed by atoms with van der Waals surface area (Å²) in [7, 11) is 0. The number of rotatable bonds is 2. The number of benzene rings is 3. The van der Waals surface area contributed by atoms with E-state index in [2.05, 4.69) is 26.2 Å². The molecule has 0 aliphatic carbocycles. The molecule has 8 heteroatoms. The second kappa shape index (κ2) is 8.72. The molecule has 2 N–H and O–H groups in total. The van der Waals surface area contributed by atoms with Crippen molar-refractivity contribution in [3.63, 3.8) is 0 Å². The Hall–Kier alpha value is -3.03. The smallest absolute Gasteiger partial charge is 0.351 e. The van der Waals surface area contributed by atoms with Crippen molar-refractivity contribution in [3.05, 3.63) is 88.4 Å². The van der Waals surface area contributed by atoms with E-state index in [4.69, 9.17) is 11.6 Å². The average molecular weight is 472 g/mol. The van der Waals surface area contributed by atoms with Crippen LogP contribution in [0.1, 0.15) is 16.7 Å². The largest absolute Gasteiger partial charge is 0.416 e. The fourth-order valence-electron chi connectivity index (χ4n) is 4.35. The summed E-state index contributed by atoms with van der Waals surface area (Å²) in [4.78, 5) is 2.19. The fraction of sp³-hybridized carbons (Fsp3) is 0.240. The van der Waals surface area contributed by atoms with Crippen LogP contribution in [0.15, 0.2) is 66.7 Å². The summed E-state index contributed by atoms with van der Waals surface area (Å²) >= 11 is 6.24. The molecule has 0 radical (unpaired) electrons. The highest BCUT2D eigenvalue weighted by Gasteiger charge is 2.31. The monoisotopic (exact) mass is 471 g/mol. The van der Waals surface area contributed by atoms with Gasteiger partial charge < -0.3 is 5.32 Å². The Labute approximate surface area is 195 Å². The molecular formula is C25H23ClF3N4+. The third-order valence-electron chi connectivity index (χ3n) is 6.04. The van der Waals surface area contributed by atoms with E-state index < -0.39 is 11.7 Å². The van der Waals surface area contributed by atoms with Crippen LogP contribution in [0, 0.1) is 0 Å². The SMILES string of the molecule is FC(F)(F)c1cccc(CN2CC[N+](=C3Nc4cc(Cl)ccc4Nc4ccccc43)CC2)c1. The normalized spacial score (nSPS) is 16.4. The maximum atomic E-state index is 13.0. The summed E-state index contributed by atoms with van der Waals surface area (Å²) in [6, 6.07) is 19.4. The Morgan fingerprint density at radius 1 is 0.848 bits per heavy atom. The lowest BCUT2D eigenvalue weighted by Crippen LogP contribution is -2.45. The summed E-state index contributed by atoms with van der Waals surface area (Å²) in [6.45, 7) is 3.51. The van der Waals surface area contributed by atoms with Crippen molar-refractivity contribution in [2.75, 3.05) is 36.8 Å². The Morgan fingerprint density at radius 3 is 2.42 bits per heavy atom. The van der Waals surface area contributed by atoms with Crippen LogP contribution in [0.4, 0.5) is 30.2 Å². The molecule has 1 fully saturated rings. The summed E-state index contributed by atoms with van der Waals surface area (Å²) in [5.74, 6) is 0.998. The van der Waals surface area contributed by atoms with Gasteiger partial charge in [0.1, 0.15) is 5.69 Å². The van der Waals surface area contributed by atoms with E-state index in [-0.39, 0.29) is 0 Å². The highest BCUT2D eigenvalue weighted by molar-refractivity contribution is 6.31. The Kier molecular flexibility index (Phi) is 5.76. The molecule has 2 heterocycles. The molecule has 3 aromatic rings. The first kappa shape index (κ1) is 21.8. The number of fused-ring (bicyclic) bond motifs is 2. The zero-order valence-corrected chi connectivity index (χ0v) is 18.5. The number of piperazine rings is 1. The van der Waals surface area contributed by atoms with Crippen molar-refractivity contribution in [3.8, 4) is 0 Å². The first-order valence-electron chi connectivity index (χ1n) is 10.8. The molecule has 4 nitrogen and oxygen atoms in total. The van der Waals surface area contributed by atoms with Gasteiger partial charge in [-0.15, -0.1) is 0 Å². The van der Waals surface area contributed by atoms with Crippen molar-refractivity contribution in [1.82, 2.24) is 4.90 Å². The van der Waals surface area contributed by atoms with Crippen molar-refractivity contribution < 1.29 is 17.7 Å². The predicted molar refractivity (Wildman–Crippen MR) is 126 cm³/mol. The van der Waals surface area contributed by atoms with Gasteiger partial charge in [-0.25, -0.2) is 5.32 Å². The first-order chi connectivity index (χ1) is 15.9. The molecule has 3 aromatic carbocycles. The maximum Gasteiger partial charge on any atom is 0.416 e. The molecule has 2 aliphatic rings.